The predicted octanol–water partition coefficient (Wildman–Crippen LogP) is 4.66. The van der Waals surface area contributed by atoms with Gasteiger partial charge in [0.15, 0.2) is 11.5 Å². The van der Waals surface area contributed by atoms with E-state index >= 15 is 0 Å². The fourth-order valence-electron chi connectivity index (χ4n) is 5.44. The van der Waals surface area contributed by atoms with Crippen molar-refractivity contribution in [3.05, 3.63) is 120 Å². The third-order valence-corrected chi connectivity index (χ3v) is 8.14. The average Bonchev–Trinajstić information content (AvgIpc) is 3.13. The molecule has 12 heteroatoms. The molecule has 0 aliphatic carbocycles. The predicted molar refractivity (Wildman–Crippen MR) is 188 cm³/mol. The molecule has 1 aliphatic heterocycles. The normalized spacial score (nSPS) is 17.7. The second-order valence-electron chi connectivity index (χ2n) is 12.2. The number of halogens is 1. The summed E-state index contributed by atoms with van der Waals surface area (Å²) < 4.78 is 31.7. The zero-order valence-electron chi connectivity index (χ0n) is 28.5. The van der Waals surface area contributed by atoms with Crippen LogP contribution in [0, 0.1) is 5.82 Å². The number of likely N-dealkylation sites (N-methyl/N-ethyl adjacent to an activating group) is 1. The number of nitrogens with one attached hydrogen (secondary N) is 3. The number of ether oxygens (including phenoxy) is 3. The van der Waals surface area contributed by atoms with Crippen molar-refractivity contribution >= 4 is 23.6 Å². The van der Waals surface area contributed by atoms with Crippen LogP contribution < -0.4 is 30.2 Å². The van der Waals surface area contributed by atoms with Crippen molar-refractivity contribution in [2.24, 2.45) is 0 Å². The summed E-state index contributed by atoms with van der Waals surface area (Å²) in [5.74, 6) is -1.16. The minimum absolute atomic E-state index is 0.0167. The van der Waals surface area contributed by atoms with Gasteiger partial charge < -0.3 is 35.1 Å². The molecule has 0 fully saturated rings. The molecular formula is C39H41FN4O7. The first kappa shape index (κ1) is 36.4. The molecule has 51 heavy (non-hydrogen) atoms. The first-order chi connectivity index (χ1) is 24.7. The number of fused-ring (bicyclic) bond motifs is 1. The smallest absolute Gasteiger partial charge is 0.255 e. The molecule has 0 saturated heterocycles. The van der Waals surface area contributed by atoms with Crippen LogP contribution in [0.15, 0.2) is 103 Å². The van der Waals surface area contributed by atoms with Crippen molar-refractivity contribution < 1.29 is 37.8 Å². The van der Waals surface area contributed by atoms with E-state index in [0.29, 0.717) is 5.75 Å². The number of carbonyl (C=O) groups is 4. The van der Waals surface area contributed by atoms with Crippen molar-refractivity contribution in [1.82, 2.24) is 20.9 Å². The summed E-state index contributed by atoms with van der Waals surface area (Å²) in [5, 5.41) is 8.44. The lowest BCUT2D eigenvalue weighted by Gasteiger charge is -2.25. The number of hydrogen-bond donors (Lipinski definition) is 3. The van der Waals surface area contributed by atoms with E-state index in [4.69, 9.17) is 14.2 Å². The summed E-state index contributed by atoms with van der Waals surface area (Å²) in [6.45, 7) is 1.99. The zero-order valence-corrected chi connectivity index (χ0v) is 28.5. The second kappa shape index (κ2) is 17.7. The third-order valence-electron chi connectivity index (χ3n) is 8.14. The highest BCUT2D eigenvalue weighted by Gasteiger charge is 2.28. The largest absolute Gasteiger partial charge is 0.491 e. The average molecular weight is 697 g/mol. The highest BCUT2D eigenvalue weighted by atomic mass is 19.1. The molecule has 0 unspecified atom stereocenters. The van der Waals surface area contributed by atoms with Gasteiger partial charge >= 0.3 is 0 Å². The van der Waals surface area contributed by atoms with Gasteiger partial charge in [-0.05, 0) is 55.3 Å². The number of hydrogen-bond acceptors (Lipinski definition) is 7. The SMILES string of the molecule is C[C@H](COc1ccc(F)cc1Oc1ccccc1)NC(=O)[C@@H]1CCC(=O)N[C@@H](Cc2ccccc2)C(=O)N(C)CCOc2ccccc2C(=O)N1. The molecular weight excluding hydrogens is 655 g/mol. The van der Waals surface area contributed by atoms with E-state index in [0.717, 1.165) is 5.56 Å². The maximum atomic E-state index is 14.1. The number of para-hydroxylation sites is 2. The minimum atomic E-state index is -1.13. The number of nitrogens with zero attached hydrogens (tertiary/aromatic N) is 1. The van der Waals surface area contributed by atoms with Gasteiger partial charge in [-0.25, -0.2) is 4.39 Å². The fraction of sp³-hybridized carbons (Fsp3) is 0.282. The van der Waals surface area contributed by atoms with Crippen molar-refractivity contribution in [3.8, 4) is 23.0 Å². The second-order valence-corrected chi connectivity index (χ2v) is 12.2. The summed E-state index contributed by atoms with van der Waals surface area (Å²) in [6.07, 6.45) is 0.0539. The molecule has 0 spiro atoms. The van der Waals surface area contributed by atoms with Gasteiger partial charge in [0.1, 0.15) is 42.6 Å². The van der Waals surface area contributed by atoms with E-state index in [1.54, 1.807) is 62.5 Å². The van der Waals surface area contributed by atoms with Crippen LogP contribution in [0.4, 0.5) is 4.39 Å². The lowest BCUT2D eigenvalue weighted by molar-refractivity contribution is -0.135. The Morgan fingerprint density at radius 1 is 0.941 bits per heavy atom. The lowest BCUT2D eigenvalue weighted by Crippen LogP contribution is -2.51. The van der Waals surface area contributed by atoms with Crippen LogP contribution in [-0.2, 0) is 20.8 Å². The molecule has 4 aromatic rings. The monoisotopic (exact) mass is 696 g/mol. The summed E-state index contributed by atoms with van der Waals surface area (Å²) in [4.78, 5) is 55.4. The van der Waals surface area contributed by atoms with E-state index in [2.05, 4.69) is 16.0 Å². The fourth-order valence-corrected chi connectivity index (χ4v) is 5.44. The van der Waals surface area contributed by atoms with Gasteiger partial charge in [0.25, 0.3) is 5.91 Å². The van der Waals surface area contributed by atoms with Gasteiger partial charge in [0.2, 0.25) is 17.7 Å². The number of carbonyl (C=O) groups excluding carboxylic acids is 4. The van der Waals surface area contributed by atoms with Gasteiger partial charge in [-0.3, -0.25) is 19.2 Å². The molecule has 4 aromatic carbocycles. The van der Waals surface area contributed by atoms with Crippen LogP contribution >= 0.6 is 0 Å². The molecule has 266 valence electrons. The van der Waals surface area contributed by atoms with Crippen LogP contribution in [0.2, 0.25) is 0 Å². The van der Waals surface area contributed by atoms with Crippen molar-refractivity contribution in [3.63, 3.8) is 0 Å². The van der Waals surface area contributed by atoms with Crippen LogP contribution in [0.1, 0.15) is 35.7 Å². The number of rotatable bonds is 9. The molecule has 1 heterocycles. The van der Waals surface area contributed by atoms with Crippen molar-refractivity contribution in [2.45, 2.75) is 44.3 Å². The summed E-state index contributed by atoms with van der Waals surface area (Å²) in [7, 11) is 1.63. The van der Waals surface area contributed by atoms with Gasteiger partial charge in [-0.1, -0.05) is 60.7 Å². The molecule has 5 rings (SSSR count). The number of amides is 4. The van der Waals surface area contributed by atoms with Crippen molar-refractivity contribution in [1.29, 1.82) is 0 Å². The Morgan fingerprint density at radius 2 is 1.65 bits per heavy atom. The Hall–Kier alpha value is -5.91. The Morgan fingerprint density at radius 3 is 2.41 bits per heavy atom. The van der Waals surface area contributed by atoms with E-state index in [-0.39, 0.29) is 67.7 Å². The maximum absolute atomic E-state index is 14.1. The molecule has 11 nitrogen and oxygen atoms in total. The summed E-state index contributed by atoms with van der Waals surface area (Å²) >= 11 is 0. The Labute approximate surface area is 296 Å². The molecule has 3 N–H and O–H groups in total. The van der Waals surface area contributed by atoms with E-state index in [1.165, 1.54) is 23.1 Å². The molecule has 1 aliphatic rings. The van der Waals surface area contributed by atoms with Crippen LogP contribution in [0.5, 0.6) is 23.0 Å². The highest BCUT2D eigenvalue weighted by molar-refractivity contribution is 6.00. The Kier molecular flexibility index (Phi) is 12.6. The molecule has 4 amide bonds. The zero-order chi connectivity index (χ0) is 36.2. The quantitative estimate of drug-likeness (QED) is 0.232. The molecule has 0 aromatic heterocycles. The van der Waals surface area contributed by atoms with E-state index in [9.17, 15) is 23.6 Å². The lowest BCUT2D eigenvalue weighted by atomic mass is 10.0. The first-order valence-electron chi connectivity index (χ1n) is 16.7. The van der Waals surface area contributed by atoms with E-state index in [1.807, 2.05) is 36.4 Å². The molecule has 0 radical (unpaired) electrons. The van der Waals surface area contributed by atoms with Crippen LogP contribution in [0.3, 0.4) is 0 Å². The van der Waals surface area contributed by atoms with Gasteiger partial charge in [-0.2, -0.15) is 0 Å². The van der Waals surface area contributed by atoms with Gasteiger partial charge in [0, 0.05) is 26.0 Å². The molecule has 3 atom stereocenters. The topological polar surface area (TPSA) is 135 Å². The summed E-state index contributed by atoms with van der Waals surface area (Å²) in [6, 6.07) is 26.1. The Balaban J connectivity index is 1.30. The van der Waals surface area contributed by atoms with Crippen molar-refractivity contribution in [2.75, 3.05) is 26.8 Å². The minimum Gasteiger partial charge on any atom is -0.491 e. The summed E-state index contributed by atoms with van der Waals surface area (Å²) in [5.41, 5.74) is 1.07. The first-order valence-corrected chi connectivity index (χ1v) is 16.7. The molecule has 0 bridgehead atoms. The Bertz CT molecular complexity index is 1810. The standard InChI is InChI=1S/C39H41FN4O7/c1-26(25-50-34-19-17-28(40)24-35(34)51-29-13-7-4-8-14-29)41-38(47)31-18-20-36(45)42-32(23-27-11-5-3-6-12-27)39(48)44(2)21-22-49-33-16-10-9-15-30(33)37(46)43-31/h3-17,19,24,26,31-32H,18,20-23,25H2,1-2H3,(H,41,47)(H,42,45)(H,43,46)/t26-,31+,32+/m1/s1. The van der Waals surface area contributed by atoms with Gasteiger partial charge in [0.05, 0.1) is 18.2 Å². The highest BCUT2D eigenvalue weighted by Crippen LogP contribution is 2.32. The van der Waals surface area contributed by atoms with E-state index < -0.39 is 41.7 Å². The van der Waals surface area contributed by atoms with Gasteiger partial charge in [-0.15, -0.1) is 0 Å². The third kappa shape index (κ3) is 10.5. The van der Waals surface area contributed by atoms with Crippen LogP contribution in [-0.4, -0.2) is 73.5 Å². The maximum Gasteiger partial charge on any atom is 0.255 e. The number of benzene rings is 4. The van der Waals surface area contributed by atoms with Crippen LogP contribution in [0.25, 0.3) is 0 Å². The molecule has 0 saturated carbocycles.